The molecule has 1 atom stereocenters. The first-order valence-electron chi connectivity index (χ1n) is 6.99. The van der Waals surface area contributed by atoms with Gasteiger partial charge in [0.1, 0.15) is 11.4 Å². The normalized spacial score (nSPS) is 25.2. The Hall–Kier alpha value is -1.56. The third-order valence-corrected chi connectivity index (χ3v) is 4.71. The van der Waals surface area contributed by atoms with Gasteiger partial charge < -0.3 is 14.7 Å². The molecule has 1 N–H and O–H groups in total. The number of amides is 1. The van der Waals surface area contributed by atoms with E-state index in [1.807, 2.05) is 6.07 Å². The smallest absolute Gasteiger partial charge is 0.407 e. The first-order chi connectivity index (χ1) is 9.99. The molecule has 0 bridgehead atoms. The molecule has 21 heavy (non-hydrogen) atoms. The number of hydrogen-bond acceptors (Lipinski definition) is 3. The van der Waals surface area contributed by atoms with Gasteiger partial charge in [0.2, 0.25) is 0 Å². The number of hydrogen-bond donors (Lipinski definition) is 1. The van der Waals surface area contributed by atoms with Gasteiger partial charge in [0.15, 0.2) is 5.78 Å². The monoisotopic (exact) mass is 353 g/mol. The van der Waals surface area contributed by atoms with Crippen LogP contribution in [0.1, 0.15) is 36.0 Å². The van der Waals surface area contributed by atoms with Crippen molar-refractivity contribution in [3.05, 3.63) is 28.2 Å². The summed E-state index contributed by atoms with van der Waals surface area (Å²) in [4.78, 5) is 24.9. The number of Topliss-reactive ketones (excluding diaryl/α,β-unsaturated/α-hetero) is 1. The molecule has 0 radical (unpaired) electrons. The van der Waals surface area contributed by atoms with Gasteiger partial charge in [-0.1, -0.05) is 15.9 Å². The third-order valence-electron chi connectivity index (χ3n) is 4.22. The van der Waals surface area contributed by atoms with Crippen LogP contribution in [0.4, 0.5) is 4.79 Å². The second kappa shape index (κ2) is 5.33. The molecular formula is C15H16BrNO4. The summed E-state index contributed by atoms with van der Waals surface area (Å²) >= 11 is 3.36. The Morgan fingerprint density at radius 2 is 2.14 bits per heavy atom. The molecule has 1 amide bonds. The minimum Gasteiger partial charge on any atom is -0.486 e. The molecule has 3 rings (SSSR count). The molecule has 2 aliphatic rings. The predicted octanol–water partition coefficient (Wildman–Crippen LogP) is 3.32. The van der Waals surface area contributed by atoms with Crippen LogP contribution < -0.4 is 4.74 Å². The summed E-state index contributed by atoms with van der Waals surface area (Å²) in [6.45, 7) is 0.913. The van der Waals surface area contributed by atoms with E-state index in [1.165, 1.54) is 4.90 Å². The summed E-state index contributed by atoms with van der Waals surface area (Å²) in [5.74, 6) is 0.680. The number of nitrogens with zero attached hydrogens (tertiary/aromatic N) is 1. The molecule has 0 saturated carbocycles. The van der Waals surface area contributed by atoms with E-state index >= 15 is 0 Å². The maximum atomic E-state index is 12.4. The molecule has 1 aromatic rings. The molecule has 1 fully saturated rings. The summed E-state index contributed by atoms with van der Waals surface area (Å²) in [5.41, 5.74) is 0.0524. The molecule has 5 nitrogen and oxygen atoms in total. The Morgan fingerprint density at radius 3 is 2.90 bits per heavy atom. The van der Waals surface area contributed by atoms with Gasteiger partial charge >= 0.3 is 6.09 Å². The van der Waals surface area contributed by atoms with Crippen molar-refractivity contribution in [3.63, 3.8) is 0 Å². The fourth-order valence-corrected chi connectivity index (χ4v) is 3.47. The van der Waals surface area contributed by atoms with Crippen LogP contribution in [0.3, 0.4) is 0 Å². The quantitative estimate of drug-likeness (QED) is 0.776. The summed E-state index contributed by atoms with van der Waals surface area (Å²) in [6.07, 6.45) is 1.40. The van der Waals surface area contributed by atoms with Crippen molar-refractivity contribution in [3.8, 4) is 5.75 Å². The molecular weight excluding hydrogens is 338 g/mol. The highest BCUT2D eigenvalue weighted by molar-refractivity contribution is 9.10. The van der Waals surface area contributed by atoms with Crippen molar-refractivity contribution in [1.29, 1.82) is 0 Å². The highest BCUT2D eigenvalue weighted by Gasteiger charge is 2.42. The van der Waals surface area contributed by atoms with Crippen molar-refractivity contribution >= 4 is 27.8 Å². The maximum Gasteiger partial charge on any atom is 0.407 e. The zero-order chi connectivity index (χ0) is 15.0. The number of carbonyl (C=O) groups is 2. The molecule has 112 valence electrons. The lowest BCUT2D eigenvalue weighted by atomic mass is 9.84. The van der Waals surface area contributed by atoms with E-state index in [0.717, 1.165) is 4.47 Å². The molecule has 0 aliphatic carbocycles. The Balaban J connectivity index is 1.86. The number of benzene rings is 1. The fourth-order valence-electron chi connectivity index (χ4n) is 3.10. The van der Waals surface area contributed by atoms with E-state index in [9.17, 15) is 9.59 Å². The average molecular weight is 354 g/mol. The van der Waals surface area contributed by atoms with Gasteiger partial charge in [-0.15, -0.1) is 0 Å². The molecule has 6 heteroatoms. The van der Waals surface area contributed by atoms with Gasteiger partial charge in [-0.2, -0.15) is 0 Å². The number of likely N-dealkylation sites (tertiary alicyclic amines) is 1. The highest BCUT2D eigenvalue weighted by atomic mass is 79.9. The molecule has 2 aliphatic heterocycles. The van der Waals surface area contributed by atoms with Crippen LogP contribution in [0, 0.1) is 0 Å². The standard InChI is InChI=1S/C15H16BrNO4/c16-10-2-3-13-11(8-10)12(18)9-15(21-13)4-1-6-17(7-5-15)14(19)20/h2-3,8H,1,4-7,9H2,(H,19,20). The maximum absolute atomic E-state index is 12.4. The largest absolute Gasteiger partial charge is 0.486 e. The van der Waals surface area contributed by atoms with Gasteiger partial charge in [-0.3, -0.25) is 4.79 Å². The molecule has 1 spiro atoms. The van der Waals surface area contributed by atoms with E-state index in [0.29, 0.717) is 50.1 Å². The van der Waals surface area contributed by atoms with Crippen LogP contribution in [0.25, 0.3) is 0 Å². The SMILES string of the molecule is O=C1CC2(CCCN(C(=O)O)CC2)Oc2ccc(Br)cc21. The lowest BCUT2D eigenvalue weighted by Gasteiger charge is -2.37. The van der Waals surface area contributed by atoms with Crippen LogP contribution in [0.5, 0.6) is 5.75 Å². The van der Waals surface area contributed by atoms with Crippen LogP contribution in [-0.2, 0) is 0 Å². The Kier molecular flexibility index (Phi) is 3.65. The molecule has 1 saturated heterocycles. The van der Waals surface area contributed by atoms with E-state index in [2.05, 4.69) is 15.9 Å². The fraction of sp³-hybridized carbons (Fsp3) is 0.467. The van der Waals surface area contributed by atoms with Crippen LogP contribution >= 0.6 is 15.9 Å². The number of rotatable bonds is 0. The van der Waals surface area contributed by atoms with Crippen molar-refractivity contribution in [1.82, 2.24) is 4.90 Å². The van der Waals surface area contributed by atoms with Gasteiger partial charge in [-0.05, 0) is 31.0 Å². The molecule has 1 aromatic carbocycles. The minimum absolute atomic E-state index is 0.0707. The average Bonchev–Trinajstić information content (AvgIpc) is 2.63. The zero-order valence-electron chi connectivity index (χ0n) is 11.5. The lowest BCUT2D eigenvalue weighted by Crippen LogP contribution is -2.43. The number of ketones is 1. The summed E-state index contributed by atoms with van der Waals surface area (Å²) in [5, 5.41) is 9.10. The van der Waals surface area contributed by atoms with Crippen LogP contribution in [0.2, 0.25) is 0 Å². The van der Waals surface area contributed by atoms with Crippen molar-refractivity contribution < 1.29 is 19.4 Å². The van der Waals surface area contributed by atoms with Crippen molar-refractivity contribution in [2.75, 3.05) is 13.1 Å². The Labute approximate surface area is 131 Å². The van der Waals surface area contributed by atoms with E-state index in [4.69, 9.17) is 9.84 Å². The minimum atomic E-state index is -0.904. The van der Waals surface area contributed by atoms with Gasteiger partial charge in [0.25, 0.3) is 0 Å². The topological polar surface area (TPSA) is 66.8 Å². The zero-order valence-corrected chi connectivity index (χ0v) is 13.1. The first kappa shape index (κ1) is 14.4. The number of carbonyl (C=O) groups excluding carboxylic acids is 1. The Bertz CT molecular complexity index is 603. The van der Waals surface area contributed by atoms with Gasteiger partial charge in [0, 0.05) is 24.0 Å². The van der Waals surface area contributed by atoms with Crippen LogP contribution in [-0.4, -0.2) is 40.6 Å². The summed E-state index contributed by atoms with van der Waals surface area (Å²) in [6, 6.07) is 5.44. The lowest BCUT2D eigenvalue weighted by molar-refractivity contribution is 0.0303. The van der Waals surface area contributed by atoms with Gasteiger partial charge in [0.05, 0.1) is 12.0 Å². The summed E-state index contributed by atoms with van der Waals surface area (Å²) < 4.78 is 6.99. The Morgan fingerprint density at radius 1 is 1.33 bits per heavy atom. The number of carboxylic acid groups (broad SMARTS) is 1. The summed E-state index contributed by atoms with van der Waals surface area (Å²) in [7, 11) is 0. The van der Waals surface area contributed by atoms with Crippen molar-refractivity contribution in [2.24, 2.45) is 0 Å². The van der Waals surface area contributed by atoms with E-state index in [1.54, 1.807) is 12.1 Å². The predicted molar refractivity (Wildman–Crippen MR) is 79.9 cm³/mol. The molecule has 0 aromatic heterocycles. The van der Waals surface area contributed by atoms with Crippen molar-refractivity contribution in [2.45, 2.75) is 31.3 Å². The first-order valence-corrected chi connectivity index (χ1v) is 7.78. The number of fused-ring (bicyclic) bond motifs is 1. The van der Waals surface area contributed by atoms with E-state index < -0.39 is 11.7 Å². The second-order valence-electron chi connectivity index (χ2n) is 5.65. The second-order valence-corrected chi connectivity index (χ2v) is 6.56. The third kappa shape index (κ3) is 2.77. The molecule has 2 heterocycles. The van der Waals surface area contributed by atoms with Crippen LogP contribution in [0.15, 0.2) is 22.7 Å². The van der Waals surface area contributed by atoms with E-state index in [-0.39, 0.29) is 5.78 Å². The number of halogens is 1. The highest BCUT2D eigenvalue weighted by Crippen LogP contribution is 2.40. The van der Waals surface area contributed by atoms with Gasteiger partial charge in [-0.25, -0.2) is 4.79 Å². The number of ether oxygens (including phenoxy) is 1. The molecule has 1 unspecified atom stereocenters.